The van der Waals surface area contributed by atoms with Crippen LogP contribution >= 0.6 is 0 Å². The number of ether oxygens (including phenoxy) is 1. The molecule has 2 aromatic carbocycles. The van der Waals surface area contributed by atoms with Crippen molar-refractivity contribution in [3.63, 3.8) is 0 Å². The topological polar surface area (TPSA) is 84.5 Å². The average Bonchev–Trinajstić information content (AvgIpc) is 2.73. The molecule has 0 fully saturated rings. The minimum atomic E-state index is -3.28. The number of hydrogen-bond donors (Lipinski definition) is 2. The van der Waals surface area contributed by atoms with Crippen LogP contribution in [0.15, 0.2) is 48.5 Å². The van der Waals surface area contributed by atoms with Gasteiger partial charge in [0.2, 0.25) is 10.0 Å². The van der Waals surface area contributed by atoms with Gasteiger partial charge in [-0.25, -0.2) is 13.1 Å². The monoisotopic (exact) mass is 432 g/mol. The first-order chi connectivity index (χ1) is 14.2. The number of anilines is 1. The molecular formula is C23H32N2O4S. The van der Waals surface area contributed by atoms with Crippen LogP contribution in [0.3, 0.4) is 0 Å². The quantitative estimate of drug-likeness (QED) is 0.510. The molecule has 1 unspecified atom stereocenters. The van der Waals surface area contributed by atoms with E-state index in [-0.39, 0.29) is 11.8 Å². The Labute approximate surface area is 180 Å². The Balaban J connectivity index is 1.91. The lowest BCUT2D eigenvalue weighted by Gasteiger charge is -2.15. The summed E-state index contributed by atoms with van der Waals surface area (Å²) in [6.45, 7) is 8.37. The molecule has 0 radical (unpaired) electrons. The zero-order valence-electron chi connectivity index (χ0n) is 18.1. The minimum absolute atomic E-state index is 0.0172. The molecule has 0 aliphatic heterocycles. The number of unbranched alkanes of at least 4 members (excludes halogenated alkanes) is 1. The fourth-order valence-electron chi connectivity index (χ4n) is 2.66. The van der Waals surface area contributed by atoms with Gasteiger partial charge in [-0.2, -0.15) is 0 Å². The van der Waals surface area contributed by atoms with Gasteiger partial charge in [0.25, 0.3) is 5.91 Å². The largest absolute Gasteiger partial charge is 0.494 e. The van der Waals surface area contributed by atoms with E-state index in [1.165, 1.54) is 0 Å². The Hall–Kier alpha value is -2.38. The second-order valence-corrected chi connectivity index (χ2v) is 9.97. The van der Waals surface area contributed by atoms with Crippen molar-refractivity contribution < 1.29 is 17.9 Å². The second-order valence-electron chi connectivity index (χ2n) is 7.65. The molecular weight excluding hydrogens is 400 g/mol. The summed E-state index contributed by atoms with van der Waals surface area (Å²) in [4.78, 5) is 12.5. The normalized spacial score (nSPS) is 12.6. The molecule has 0 spiro atoms. The molecule has 1 atom stereocenters. The van der Waals surface area contributed by atoms with Gasteiger partial charge in [-0.1, -0.05) is 32.4 Å². The summed E-state index contributed by atoms with van der Waals surface area (Å²) in [5, 5.41) is 2.42. The van der Waals surface area contributed by atoms with Crippen LogP contribution in [0.1, 0.15) is 62.4 Å². The first kappa shape index (κ1) is 23.9. The summed E-state index contributed by atoms with van der Waals surface area (Å²) < 4.78 is 32.0. The zero-order valence-corrected chi connectivity index (χ0v) is 19.0. The van der Waals surface area contributed by atoms with E-state index in [4.69, 9.17) is 4.74 Å². The van der Waals surface area contributed by atoms with Crippen molar-refractivity contribution in [1.29, 1.82) is 0 Å². The lowest BCUT2D eigenvalue weighted by Crippen LogP contribution is -2.33. The first-order valence-corrected chi connectivity index (χ1v) is 11.9. The summed E-state index contributed by atoms with van der Waals surface area (Å²) in [6, 6.07) is 14.5. The summed E-state index contributed by atoms with van der Waals surface area (Å²) in [7, 11) is -3.28. The van der Waals surface area contributed by atoms with E-state index in [1.807, 2.05) is 31.2 Å². The van der Waals surface area contributed by atoms with Crippen LogP contribution in [-0.2, 0) is 10.0 Å². The Morgan fingerprint density at radius 3 is 2.20 bits per heavy atom. The number of carbonyl (C=O) groups excluding carboxylic acids is 1. The number of nitrogens with one attached hydrogen (secondary N) is 2. The van der Waals surface area contributed by atoms with Gasteiger partial charge in [-0.15, -0.1) is 0 Å². The predicted molar refractivity (Wildman–Crippen MR) is 122 cm³/mol. The summed E-state index contributed by atoms with van der Waals surface area (Å²) in [6.07, 6.45) is 2.08. The van der Waals surface area contributed by atoms with E-state index in [0.717, 1.165) is 24.2 Å². The third-order valence-corrected chi connectivity index (χ3v) is 6.64. The average molecular weight is 433 g/mol. The van der Waals surface area contributed by atoms with Crippen molar-refractivity contribution in [2.24, 2.45) is 0 Å². The second kappa shape index (κ2) is 11.1. The summed E-state index contributed by atoms with van der Waals surface area (Å²) in [5.74, 6) is 0.579. The van der Waals surface area contributed by atoms with Gasteiger partial charge in [0.1, 0.15) is 5.75 Å². The van der Waals surface area contributed by atoms with Crippen LogP contribution in [0.5, 0.6) is 5.75 Å². The molecule has 0 aliphatic carbocycles. The molecule has 0 aliphatic rings. The molecule has 2 aromatic rings. The van der Waals surface area contributed by atoms with Crippen LogP contribution in [0, 0.1) is 0 Å². The van der Waals surface area contributed by atoms with Crippen molar-refractivity contribution in [2.75, 3.05) is 18.5 Å². The number of rotatable bonds is 11. The molecule has 6 nitrogen and oxygen atoms in total. The van der Waals surface area contributed by atoms with E-state index in [9.17, 15) is 13.2 Å². The van der Waals surface area contributed by atoms with Gasteiger partial charge >= 0.3 is 0 Å². The number of carbonyl (C=O) groups is 1. The van der Waals surface area contributed by atoms with Gasteiger partial charge in [0, 0.05) is 17.8 Å². The molecule has 164 valence electrons. The van der Waals surface area contributed by atoms with Crippen molar-refractivity contribution in [3.8, 4) is 5.75 Å². The fourth-order valence-corrected chi connectivity index (χ4v) is 3.48. The zero-order chi connectivity index (χ0) is 22.1. The molecule has 0 aromatic heterocycles. The van der Waals surface area contributed by atoms with Gasteiger partial charge in [-0.05, 0) is 68.1 Å². The van der Waals surface area contributed by atoms with E-state index in [1.54, 1.807) is 38.1 Å². The maximum absolute atomic E-state index is 12.5. The Bertz CT molecular complexity index is 907. The lowest BCUT2D eigenvalue weighted by molar-refractivity contribution is 0.102. The lowest BCUT2D eigenvalue weighted by atomic mass is 10.0. The van der Waals surface area contributed by atoms with E-state index in [2.05, 4.69) is 17.0 Å². The number of hydrogen-bond acceptors (Lipinski definition) is 4. The standard InChI is InChI=1S/C23H32N2O4S/c1-5-6-15-29-22-13-9-20(10-14-22)23(26)25-21-11-7-19(8-12-21)18(4)16-24-30(27,28)17(2)3/h7-14,17-18,24H,5-6,15-16H2,1-4H3,(H,25,26). The smallest absolute Gasteiger partial charge is 0.255 e. The first-order valence-electron chi connectivity index (χ1n) is 10.4. The molecule has 0 heterocycles. The van der Waals surface area contributed by atoms with Gasteiger partial charge in [0.05, 0.1) is 11.9 Å². The summed E-state index contributed by atoms with van der Waals surface area (Å²) >= 11 is 0. The Morgan fingerprint density at radius 1 is 1.00 bits per heavy atom. The van der Waals surface area contributed by atoms with Crippen LogP contribution in [0.2, 0.25) is 0 Å². The van der Waals surface area contributed by atoms with Gasteiger partial charge < -0.3 is 10.1 Å². The molecule has 2 N–H and O–H groups in total. The van der Waals surface area contributed by atoms with Gasteiger partial charge in [-0.3, -0.25) is 4.79 Å². The van der Waals surface area contributed by atoms with Crippen molar-refractivity contribution >= 4 is 21.6 Å². The number of sulfonamides is 1. The third-order valence-electron chi connectivity index (χ3n) is 4.83. The summed E-state index contributed by atoms with van der Waals surface area (Å²) in [5.41, 5.74) is 2.23. The highest BCUT2D eigenvalue weighted by molar-refractivity contribution is 7.90. The van der Waals surface area contributed by atoms with E-state index < -0.39 is 15.3 Å². The molecule has 0 saturated carbocycles. The molecule has 0 bridgehead atoms. The van der Waals surface area contributed by atoms with Crippen LogP contribution < -0.4 is 14.8 Å². The van der Waals surface area contributed by atoms with Crippen LogP contribution in [0.4, 0.5) is 5.69 Å². The third kappa shape index (κ3) is 7.15. The highest BCUT2D eigenvalue weighted by Crippen LogP contribution is 2.19. The molecule has 0 saturated heterocycles. The SMILES string of the molecule is CCCCOc1ccc(C(=O)Nc2ccc(C(C)CNS(=O)(=O)C(C)C)cc2)cc1. The minimum Gasteiger partial charge on any atom is -0.494 e. The van der Waals surface area contributed by atoms with Crippen LogP contribution in [-0.4, -0.2) is 32.7 Å². The van der Waals surface area contributed by atoms with Gasteiger partial charge in [0.15, 0.2) is 0 Å². The molecule has 2 rings (SSSR count). The molecule has 1 amide bonds. The van der Waals surface area contributed by atoms with Crippen LogP contribution in [0.25, 0.3) is 0 Å². The highest BCUT2D eigenvalue weighted by atomic mass is 32.2. The maximum Gasteiger partial charge on any atom is 0.255 e. The highest BCUT2D eigenvalue weighted by Gasteiger charge is 2.17. The fraction of sp³-hybridized carbons (Fsp3) is 0.435. The van der Waals surface area contributed by atoms with Crippen molar-refractivity contribution in [2.45, 2.75) is 51.7 Å². The number of benzene rings is 2. The maximum atomic E-state index is 12.5. The number of amides is 1. The predicted octanol–water partition coefficient (Wildman–Crippen LogP) is 4.55. The van der Waals surface area contributed by atoms with E-state index >= 15 is 0 Å². The van der Waals surface area contributed by atoms with Crippen molar-refractivity contribution in [1.82, 2.24) is 4.72 Å². The molecule has 7 heteroatoms. The van der Waals surface area contributed by atoms with Crippen molar-refractivity contribution in [3.05, 3.63) is 59.7 Å². The van der Waals surface area contributed by atoms with E-state index in [0.29, 0.717) is 24.4 Å². The Morgan fingerprint density at radius 2 is 1.63 bits per heavy atom. The Kier molecular flexibility index (Phi) is 8.87. The molecule has 30 heavy (non-hydrogen) atoms.